The summed E-state index contributed by atoms with van der Waals surface area (Å²) in [5, 5.41) is 4.44. The molecular weight excluding hydrogens is 390 g/mol. The number of hydrogen-bond donors (Lipinski definition) is 0. The van der Waals surface area contributed by atoms with E-state index < -0.39 is 0 Å². The van der Waals surface area contributed by atoms with Crippen molar-refractivity contribution in [3.05, 3.63) is 71.8 Å². The lowest BCUT2D eigenvalue weighted by Gasteiger charge is -2.31. The van der Waals surface area contributed by atoms with Gasteiger partial charge in [-0.2, -0.15) is 0 Å². The maximum atomic E-state index is 13.4. The van der Waals surface area contributed by atoms with Gasteiger partial charge in [0, 0.05) is 30.3 Å². The number of amides is 1. The number of morpholine rings is 1. The first-order chi connectivity index (χ1) is 15.2. The molecule has 1 atom stereocenters. The zero-order valence-corrected chi connectivity index (χ0v) is 18.2. The molecule has 1 aliphatic heterocycles. The van der Waals surface area contributed by atoms with E-state index in [0.29, 0.717) is 25.3 Å². The Labute approximate surface area is 183 Å². The second-order valence-electron chi connectivity index (χ2n) is 7.84. The summed E-state index contributed by atoms with van der Waals surface area (Å²) >= 11 is 0. The van der Waals surface area contributed by atoms with Crippen LogP contribution in [0.25, 0.3) is 11.3 Å². The van der Waals surface area contributed by atoms with Gasteiger partial charge in [0.05, 0.1) is 25.3 Å². The van der Waals surface area contributed by atoms with Gasteiger partial charge in [0.25, 0.3) is 5.91 Å². The molecule has 3 aromatic rings. The Hall–Kier alpha value is -3.12. The van der Waals surface area contributed by atoms with Gasteiger partial charge >= 0.3 is 0 Å². The van der Waals surface area contributed by atoms with Gasteiger partial charge in [-0.1, -0.05) is 60.6 Å². The van der Waals surface area contributed by atoms with E-state index in [4.69, 9.17) is 9.26 Å². The Balaban J connectivity index is 1.74. The molecule has 162 valence electrons. The number of ether oxygens (including phenoxy) is 1. The van der Waals surface area contributed by atoms with E-state index in [1.165, 1.54) is 0 Å². The quantitative estimate of drug-likeness (QED) is 0.559. The second-order valence-corrected chi connectivity index (χ2v) is 7.84. The van der Waals surface area contributed by atoms with Crippen molar-refractivity contribution in [2.75, 3.05) is 31.2 Å². The first kappa shape index (κ1) is 21.1. The number of carbonyl (C=O) groups is 1. The van der Waals surface area contributed by atoms with Crippen LogP contribution >= 0.6 is 0 Å². The molecule has 6 nitrogen and oxygen atoms in total. The van der Waals surface area contributed by atoms with Crippen molar-refractivity contribution < 1.29 is 14.1 Å². The molecule has 4 rings (SSSR count). The van der Waals surface area contributed by atoms with Crippen molar-refractivity contribution in [2.45, 2.75) is 32.9 Å². The Morgan fingerprint density at radius 2 is 1.71 bits per heavy atom. The lowest BCUT2D eigenvalue weighted by atomic mass is 10.0. The van der Waals surface area contributed by atoms with Gasteiger partial charge < -0.3 is 19.1 Å². The highest BCUT2D eigenvalue weighted by Crippen LogP contribution is 2.33. The van der Waals surface area contributed by atoms with Crippen LogP contribution in [-0.4, -0.2) is 48.3 Å². The van der Waals surface area contributed by atoms with E-state index in [1.54, 1.807) is 0 Å². The van der Waals surface area contributed by atoms with E-state index in [1.807, 2.05) is 65.6 Å². The average molecular weight is 420 g/mol. The minimum atomic E-state index is 0.0167. The van der Waals surface area contributed by atoms with Crippen molar-refractivity contribution >= 4 is 11.8 Å². The lowest BCUT2D eigenvalue weighted by Crippen LogP contribution is -2.39. The van der Waals surface area contributed by atoms with Gasteiger partial charge in [-0.25, -0.2) is 0 Å². The van der Waals surface area contributed by atoms with E-state index >= 15 is 0 Å². The molecule has 2 heterocycles. The fourth-order valence-corrected chi connectivity index (χ4v) is 3.85. The highest BCUT2D eigenvalue weighted by molar-refractivity contribution is 5.94. The maximum absolute atomic E-state index is 13.4. The van der Waals surface area contributed by atoms with E-state index in [9.17, 15) is 4.79 Å². The highest BCUT2D eigenvalue weighted by atomic mass is 16.5. The third-order valence-corrected chi connectivity index (χ3v) is 5.85. The largest absolute Gasteiger partial charge is 0.378 e. The number of hydrogen-bond acceptors (Lipinski definition) is 5. The van der Waals surface area contributed by atoms with Crippen molar-refractivity contribution in [3.63, 3.8) is 0 Å². The zero-order chi connectivity index (χ0) is 21.6. The summed E-state index contributed by atoms with van der Waals surface area (Å²) in [6, 6.07) is 19.5. The van der Waals surface area contributed by atoms with Crippen molar-refractivity contribution in [3.8, 4) is 11.3 Å². The second kappa shape index (κ2) is 9.79. The van der Waals surface area contributed by atoms with Gasteiger partial charge in [-0.3, -0.25) is 4.79 Å². The Kier molecular flexibility index (Phi) is 6.67. The molecule has 1 fully saturated rings. The Bertz CT molecular complexity index is 982. The molecule has 31 heavy (non-hydrogen) atoms. The zero-order valence-electron chi connectivity index (χ0n) is 18.2. The normalized spacial score (nSPS) is 15.0. The highest BCUT2D eigenvalue weighted by Gasteiger charge is 2.29. The summed E-state index contributed by atoms with van der Waals surface area (Å²) in [6.07, 6.45) is 0.859. The molecule has 1 amide bonds. The fourth-order valence-electron chi connectivity index (χ4n) is 3.85. The monoisotopic (exact) mass is 419 g/mol. The number of carbonyl (C=O) groups excluding carboxylic acids is 1. The minimum Gasteiger partial charge on any atom is -0.378 e. The molecular formula is C25H29N3O3. The molecule has 6 heteroatoms. The summed E-state index contributed by atoms with van der Waals surface area (Å²) in [4.78, 5) is 17.5. The summed E-state index contributed by atoms with van der Waals surface area (Å²) in [7, 11) is 0. The molecule has 0 saturated carbocycles. The smallest absolute Gasteiger partial charge is 0.254 e. The average Bonchev–Trinajstić information content (AvgIpc) is 3.27. The van der Waals surface area contributed by atoms with Crippen molar-refractivity contribution in [1.82, 2.24) is 10.1 Å². The summed E-state index contributed by atoms with van der Waals surface area (Å²) in [5.41, 5.74) is 3.40. The number of benzene rings is 2. The molecule has 1 aromatic heterocycles. The molecule has 0 radical (unpaired) electrons. The SMILES string of the molecule is CC[C@H](C)N(Cc1c(-c2ccccc2)noc1N1CCOCC1)C(=O)c1ccccc1. The molecule has 0 aliphatic carbocycles. The maximum Gasteiger partial charge on any atom is 0.254 e. The molecule has 1 saturated heterocycles. The predicted octanol–water partition coefficient (Wildman–Crippen LogP) is 4.62. The number of nitrogens with zero attached hydrogens (tertiary/aromatic N) is 3. The van der Waals surface area contributed by atoms with Crippen LogP contribution in [0.15, 0.2) is 65.2 Å². The fraction of sp³-hybridized carbons (Fsp3) is 0.360. The predicted molar refractivity (Wildman–Crippen MR) is 121 cm³/mol. The molecule has 0 spiro atoms. The third kappa shape index (κ3) is 4.64. The summed E-state index contributed by atoms with van der Waals surface area (Å²) in [6.45, 7) is 7.41. The summed E-state index contributed by atoms with van der Waals surface area (Å²) < 4.78 is 11.4. The van der Waals surface area contributed by atoms with Gasteiger partial charge in [0.2, 0.25) is 5.88 Å². The molecule has 0 unspecified atom stereocenters. The van der Waals surface area contributed by atoms with Crippen LogP contribution < -0.4 is 4.90 Å². The number of anilines is 1. The Morgan fingerprint density at radius 3 is 2.35 bits per heavy atom. The topological polar surface area (TPSA) is 58.8 Å². The van der Waals surface area contributed by atoms with Crippen molar-refractivity contribution in [1.29, 1.82) is 0 Å². The van der Waals surface area contributed by atoms with Crippen LogP contribution in [0, 0.1) is 0 Å². The number of rotatable bonds is 7. The van der Waals surface area contributed by atoms with Crippen molar-refractivity contribution in [2.24, 2.45) is 0 Å². The van der Waals surface area contributed by atoms with E-state index in [-0.39, 0.29) is 11.9 Å². The first-order valence-electron chi connectivity index (χ1n) is 10.9. The Morgan fingerprint density at radius 1 is 1.06 bits per heavy atom. The van der Waals surface area contributed by atoms with Gasteiger partial charge in [-0.05, 0) is 25.5 Å². The summed E-state index contributed by atoms with van der Waals surface area (Å²) in [5.74, 6) is 0.749. The molecule has 0 N–H and O–H groups in total. The van der Waals surface area contributed by atoms with E-state index in [0.717, 1.165) is 42.2 Å². The van der Waals surface area contributed by atoms with Crippen LogP contribution in [0.5, 0.6) is 0 Å². The minimum absolute atomic E-state index is 0.0167. The first-order valence-corrected chi connectivity index (χ1v) is 10.9. The standard InChI is InChI=1S/C25H29N3O3/c1-3-19(2)28(24(29)21-12-8-5-9-13-21)18-22-23(20-10-6-4-7-11-20)26-31-25(22)27-14-16-30-17-15-27/h4-13,19H,3,14-18H2,1-2H3/t19-/m0/s1. The lowest BCUT2D eigenvalue weighted by molar-refractivity contribution is 0.0671. The van der Waals surface area contributed by atoms with Crippen LogP contribution in [0.4, 0.5) is 5.88 Å². The van der Waals surface area contributed by atoms with Crippen LogP contribution in [0.2, 0.25) is 0 Å². The van der Waals surface area contributed by atoms with Crippen LogP contribution in [0.1, 0.15) is 36.2 Å². The molecule has 0 bridgehead atoms. The number of aromatic nitrogens is 1. The van der Waals surface area contributed by atoms with Gasteiger partial charge in [0.15, 0.2) is 0 Å². The van der Waals surface area contributed by atoms with Gasteiger partial charge in [0.1, 0.15) is 5.69 Å². The van der Waals surface area contributed by atoms with Crippen LogP contribution in [0.3, 0.4) is 0 Å². The van der Waals surface area contributed by atoms with E-state index in [2.05, 4.69) is 23.9 Å². The third-order valence-electron chi connectivity index (χ3n) is 5.85. The molecule has 2 aromatic carbocycles. The van der Waals surface area contributed by atoms with Gasteiger partial charge in [-0.15, -0.1) is 0 Å². The van der Waals surface area contributed by atoms with Crippen LogP contribution in [-0.2, 0) is 11.3 Å². The molecule has 1 aliphatic rings.